The molecule has 0 amide bonds. The molecule has 98 valence electrons. The highest BCUT2D eigenvalue weighted by molar-refractivity contribution is 5.01. The Hall–Kier alpha value is -0.0400. The molecule has 3 rings (SSSR count). The topological polar surface area (TPSA) is 20.2 Å². The lowest BCUT2D eigenvalue weighted by atomic mass is 9.51. The zero-order chi connectivity index (χ0) is 11.9. The van der Waals surface area contributed by atoms with Crippen LogP contribution in [0.3, 0.4) is 0 Å². The van der Waals surface area contributed by atoms with Crippen molar-refractivity contribution in [3.63, 3.8) is 0 Å². The molecule has 0 heterocycles. The first-order valence-electron chi connectivity index (χ1n) is 7.90. The van der Waals surface area contributed by atoms with Crippen LogP contribution < -0.4 is 0 Å². The molecule has 0 aromatic rings. The molecule has 0 aliphatic heterocycles. The molecule has 0 bridgehead atoms. The zero-order valence-electron chi connectivity index (χ0n) is 11.3. The normalized spacial score (nSPS) is 48.0. The van der Waals surface area contributed by atoms with Gasteiger partial charge in [0.05, 0.1) is 6.10 Å². The van der Waals surface area contributed by atoms with E-state index < -0.39 is 0 Å². The summed E-state index contributed by atoms with van der Waals surface area (Å²) in [5, 5.41) is 10.4. The van der Waals surface area contributed by atoms with Crippen molar-refractivity contribution in [3.8, 4) is 0 Å². The van der Waals surface area contributed by atoms with Crippen molar-refractivity contribution < 1.29 is 5.11 Å². The Bertz CT molecular complexity index is 273. The SMILES string of the molecule is CC(O)C12CCCCC1CC1CCCCC1C2. The monoisotopic (exact) mass is 236 g/mol. The molecule has 1 heteroatoms. The highest BCUT2D eigenvalue weighted by atomic mass is 16.3. The van der Waals surface area contributed by atoms with Gasteiger partial charge in [-0.05, 0) is 55.8 Å². The maximum Gasteiger partial charge on any atom is 0.0571 e. The van der Waals surface area contributed by atoms with E-state index in [1.807, 2.05) is 0 Å². The number of aliphatic hydroxyl groups excluding tert-OH is 1. The van der Waals surface area contributed by atoms with E-state index in [1.54, 1.807) is 0 Å². The molecular formula is C16H28O. The van der Waals surface area contributed by atoms with Crippen LogP contribution in [0.5, 0.6) is 0 Å². The molecule has 0 radical (unpaired) electrons. The van der Waals surface area contributed by atoms with E-state index in [1.165, 1.54) is 64.2 Å². The summed E-state index contributed by atoms with van der Waals surface area (Å²) in [6.07, 6.45) is 14.0. The summed E-state index contributed by atoms with van der Waals surface area (Å²) in [4.78, 5) is 0. The summed E-state index contributed by atoms with van der Waals surface area (Å²) >= 11 is 0. The van der Waals surface area contributed by atoms with Gasteiger partial charge in [-0.15, -0.1) is 0 Å². The first-order chi connectivity index (χ1) is 8.22. The van der Waals surface area contributed by atoms with E-state index in [9.17, 15) is 5.11 Å². The smallest absolute Gasteiger partial charge is 0.0571 e. The van der Waals surface area contributed by atoms with E-state index >= 15 is 0 Å². The van der Waals surface area contributed by atoms with Crippen LogP contribution in [0, 0.1) is 23.2 Å². The van der Waals surface area contributed by atoms with Gasteiger partial charge < -0.3 is 5.11 Å². The minimum Gasteiger partial charge on any atom is -0.393 e. The number of hydrogen-bond acceptors (Lipinski definition) is 1. The van der Waals surface area contributed by atoms with E-state index in [0.717, 1.165) is 17.8 Å². The van der Waals surface area contributed by atoms with Crippen molar-refractivity contribution >= 4 is 0 Å². The van der Waals surface area contributed by atoms with Crippen molar-refractivity contribution in [2.24, 2.45) is 23.2 Å². The Morgan fingerprint density at radius 1 is 1.00 bits per heavy atom. The molecule has 0 spiro atoms. The van der Waals surface area contributed by atoms with Crippen molar-refractivity contribution in [1.82, 2.24) is 0 Å². The van der Waals surface area contributed by atoms with Crippen LogP contribution in [0.15, 0.2) is 0 Å². The molecule has 3 aliphatic carbocycles. The molecule has 0 aromatic carbocycles. The Labute approximate surface area is 106 Å². The first-order valence-corrected chi connectivity index (χ1v) is 7.90. The second-order valence-corrected chi connectivity index (χ2v) is 7.10. The van der Waals surface area contributed by atoms with Gasteiger partial charge in [0, 0.05) is 0 Å². The van der Waals surface area contributed by atoms with Crippen LogP contribution in [0.1, 0.15) is 71.1 Å². The van der Waals surface area contributed by atoms with Gasteiger partial charge in [-0.1, -0.05) is 38.5 Å². The number of fused-ring (bicyclic) bond motifs is 2. The second-order valence-electron chi connectivity index (χ2n) is 7.10. The van der Waals surface area contributed by atoms with E-state index in [4.69, 9.17) is 0 Å². The summed E-state index contributed by atoms with van der Waals surface area (Å²) in [7, 11) is 0. The third-order valence-corrected chi connectivity index (χ3v) is 6.39. The Kier molecular flexibility index (Phi) is 3.23. The average molecular weight is 236 g/mol. The summed E-state index contributed by atoms with van der Waals surface area (Å²) < 4.78 is 0. The standard InChI is InChI=1S/C16H28O/c1-12(17)16-9-5-4-8-15(16)10-13-6-2-3-7-14(13)11-16/h12-15,17H,2-11H2,1H3. The largest absolute Gasteiger partial charge is 0.393 e. The van der Waals surface area contributed by atoms with E-state index in [-0.39, 0.29) is 6.10 Å². The fourth-order valence-corrected chi connectivity index (χ4v) is 5.40. The molecule has 3 saturated carbocycles. The number of rotatable bonds is 1. The second kappa shape index (κ2) is 4.57. The highest BCUT2D eigenvalue weighted by Gasteiger charge is 2.50. The van der Waals surface area contributed by atoms with Gasteiger partial charge in [-0.2, -0.15) is 0 Å². The first kappa shape index (κ1) is 12.0. The number of hydrogen-bond donors (Lipinski definition) is 1. The molecule has 5 atom stereocenters. The maximum absolute atomic E-state index is 10.4. The van der Waals surface area contributed by atoms with Crippen LogP contribution in [-0.2, 0) is 0 Å². The van der Waals surface area contributed by atoms with E-state index in [2.05, 4.69) is 6.92 Å². The third-order valence-electron chi connectivity index (χ3n) is 6.39. The Balaban J connectivity index is 1.83. The van der Waals surface area contributed by atoms with Crippen LogP contribution in [0.2, 0.25) is 0 Å². The summed E-state index contributed by atoms with van der Waals surface area (Å²) in [5.41, 5.74) is 0.316. The maximum atomic E-state index is 10.4. The number of aliphatic hydroxyl groups is 1. The fraction of sp³-hybridized carbons (Fsp3) is 1.00. The summed E-state index contributed by atoms with van der Waals surface area (Å²) in [5.74, 6) is 2.81. The zero-order valence-corrected chi connectivity index (χ0v) is 11.3. The lowest BCUT2D eigenvalue weighted by Crippen LogP contribution is -2.49. The van der Waals surface area contributed by atoms with Gasteiger partial charge in [0.2, 0.25) is 0 Å². The predicted octanol–water partition coefficient (Wildman–Crippen LogP) is 4.14. The van der Waals surface area contributed by atoms with Crippen LogP contribution in [-0.4, -0.2) is 11.2 Å². The van der Waals surface area contributed by atoms with Crippen molar-refractivity contribution in [2.75, 3.05) is 0 Å². The summed E-state index contributed by atoms with van der Waals surface area (Å²) in [6.45, 7) is 2.07. The van der Waals surface area contributed by atoms with Crippen LogP contribution in [0.4, 0.5) is 0 Å². The molecule has 0 aromatic heterocycles. The molecule has 1 nitrogen and oxygen atoms in total. The minimum absolute atomic E-state index is 0.0734. The highest BCUT2D eigenvalue weighted by Crippen LogP contribution is 2.58. The molecule has 3 fully saturated rings. The molecule has 0 saturated heterocycles. The summed E-state index contributed by atoms with van der Waals surface area (Å²) in [6, 6.07) is 0. The van der Waals surface area contributed by atoms with Crippen LogP contribution >= 0.6 is 0 Å². The molecule has 5 unspecified atom stereocenters. The quantitative estimate of drug-likeness (QED) is 0.725. The lowest BCUT2D eigenvalue weighted by molar-refractivity contribution is -0.102. The van der Waals surface area contributed by atoms with Gasteiger partial charge in [0.25, 0.3) is 0 Å². The van der Waals surface area contributed by atoms with Crippen molar-refractivity contribution in [2.45, 2.75) is 77.2 Å². The molecule has 3 aliphatic rings. The molecule has 17 heavy (non-hydrogen) atoms. The minimum atomic E-state index is -0.0734. The van der Waals surface area contributed by atoms with Gasteiger partial charge >= 0.3 is 0 Å². The third kappa shape index (κ3) is 1.95. The van der Waals surface area contributed by atoms with Crippen molar-refractivity contribution in [3.05, 3.63) is 0 Å². The van der Waals surface area contributed by atoms with E-state index in [0.29, 0.717) is 5.41 Å². The Morgan fingerprint density at radius 3 is 2.47 bits per heavy atom. The van der Waals surface area contributed by atoms with Gasteiger partial charge in [-0.3, -0.25) is 0 Å². The Morgan fingerprint density at radius 2 is 1.71 bits per heavy atom. The van der Waals surface area contributed by atoms with Crippen molar-refractivity contribution in [1.29, 1.82) is 0 Å². The fourth-order valence-electron chi connectivity index (χ4n) is 5.40. The lowest BCUT2D eigenvalue weighted by Gasteiger charge is -2.55. The van der Waals surface area contributed by atoms with Gasteiger partial charge in [0.15, 0.2) is 0 Å². The van der Waals surface area contributed by atoms with Crippen LogP contribution in [0.25, 0.3) is 0 Å². The van der Waals surface area contributed by atoms with Gasteiger partial charge in [0.1, 0.15) is 0 Å². The van der Waals surface area contributed by atoms with Gasteiger partial charge in [-0.25, -0.2) is 0 Å². The average Bonchev–Trinajstić information content (AvgIpc) is 2.36. The molecule has 1 N–H and O–H groups in total. The molecular weight excluding hydrogens is 208 g/mol. The predicted molar refractivity (Wildman–Crippen MR) is 70.8 cm³/mol.